The van der Waals surface area contributed by atoms with Crippen molar-refractivity contribution in [3.63, 3.8) is 0 Å². The molecule has 0 spiro atoms. The Morgan fingerprint density at radius 2 is 1.79 bits per heavy atom. The third-order valence-electron chi connectivity index (χ3n) is 3.85. The first kappa shape index (κ1) is 23.1. The highest BCUT2D eigenvalue weighted by Gasteiger charge is 2.32. The summed E-state index contributed by atoms with van der Waals surface area (Å²) >= 11 is 20.3. The highest BCUT2D eigenvalue weighted by Crippen LogP contribution is 2.35. The van der Waals surface area contributed by atoms with E-state index in [0.717, 1.165) is 23.5 Å². The number of thiocarbonyl (C=S) groups is 1. The van der Waals surface area contributed by atoms with E-state index in [1.165, 1.54) is 16.7 Å². The van der Waals surface area contributed by atoms with E-state index in [0.29, 0.717) is 14.9 Å². The number of carbonyl (C=O) groups is 2. The Bertz CT molecular complexity index is 1020. The van der Waals surface area contributed by atoms with Gasteiger partial charge in [-0.25, -0.2) is 0 Å². The molecule has 29 heavy (non-hydrogen) atoms. The summed E-state index contributed by atoms with van der Waals surface area (Å²) < 4.78 is 3.76. The van der Waals surface area contributed by atoms with Gasteiger partial charge in [0.2, 0.25) is 5.91 Å². The molecule has 0 aliphatic carbocycles. The van der Waals surface area contributed by atoms with Crippen LogP contribution in [0.15, 0.2) is 59.2 Å². The monoisotopic (exact) mass is 680 g/mol. The molecule has 1 heterocycles. The molecule has 0 bridgehead atoms. The number of halogens is 4. The lowest BCUT2D eigenvalue weighted by molar-refractivity contribution is -0.122. The molecule has 0 unspecified atom stereocenters. The zero-order chi connectivity index (χ0) is 21.1. The fraction of sp³-hybridized carbons (Fsp3) is 0.105. The average Bonchev–Trinajstić information content (AvgIpc) is 2.89. The van der Waals surface area contributed by atoms with Crippen molar-refractivity contribution in [1.82, 2.24) is 4.90 Å². The fourth-order valence-corrected chi connectivity index (χ4v) is 6.70. The number of hydrogen-bond acceptors (Lipinski definition) is 4. The molecular formula is C19H12Br4N2O2S2. The van der Waals surface area contributed by atoms with Gasteiger partial charge in [-0.1, -0.05) is 68.0 Å². The van der Waals surface area contributed by atoms with Crippen LogP contribution in [0.2, 0.25) is 0 Å². The Balaban J connectivity index is 1.64. The molecule has 1 saturated heterocycles. The topological polar surface area (TPSA) is 49.4 Å². The van der Waals surface area contributed by atoms with Gasteiger partial charge in [-0.3, -0.25) is 14.5 Å². The van der Waals surface area contributed by atoms with Crippen molar-refractivity contribution in [1.29, 1.82) is 0 Å². The van der Waals surface area contributed by atoms with Crippen molar-refractivity contribution in [2.75, 3.05) is 11.9 Å². The molecule has 1 N–H and O–H groups in total. The van der Waals surface area contributed by atoms with Crippen LogP contribution in [-0.4, -0.2) is 27.6 Å². The van der Waals surface area contributed by atoms with E-state index < -0.39 is 0 Å². The summed E-state index contributed by atoms with van der Waals surface area (Å²) in [6.45, 7) is 0.220. The first-order chi connectivity index (χ1) is 13.7. The number of amides is 2. The molecule has 1 aliphatic rings. The number of benzene rings is 2. The molecule has 0 atom stereocenters. The third kappa shape index (κ3) is 6.01. The summed E-state index contributed by atoms with van der Waals surface area (Å²) in [4.78, 5) is 27.1. The molecule has 2 amide bonds. The van der Waals surface area contributed by atoms with Crippen LogP contribution in [0.1, 0.15) is 12.0 Å². The van der Waals surface area contributed by atoms with Crippen LogP contribution >= 0.6 is 87.7 Å². The number of anilines is 1. The van der Waals surface area contributed by atoms with E-state index in [-0.39, 0.29) is 24.8 Å². The molecule has 150 valence electrons. The van der Waals surface area contributed by atoms with Crippen molar-refractivity contribution in [3.05, 3.63) is 64.8 Å². The van der Waals surface area contributed by atoms with Crippen molar-refractivity contribution >= 4 is 116 Å². The maximum Gasteiger partial charge on any atom is 0.266 e. The SMILES string of the molecule is O=C(CCN1C(=O)/C(=C/c2cccc(Br)c2)SC1=S)Nc1c(Br)cc(Br)cc1Br. The molecule has 4 nitrogen and oxygen atoms in total. The summed E-state index contributed by atoms with van der Waals surface area (Å²) in [6.07, 6.45) is 1.94. The summed E-state index contributed by atoms with van der Waals surface area (Å²) in [7, 11) is 0. The molecule has 1 aliphatic heterocycles. The molecule has 3 rings (SSSR count). The van der Waals surface area contributed by atoms with Crippen molar-refractivity contribution < 1.29 is 9.59 Å². The number of carbonyl (C=O) groups excluding carboxylic acids is 2. The van der Waals surface area contributed by atoms with E-state index in [1.54, 1.807) is 6.08 Å². The number of nitrogens with zero attached hydrogens (tertiary/aromatic N) is 1. The minimum Gasteiger partial charge on any atom is -0.324 e. The van der Waals surface area contributed by atoms with Crippen molar-refractivity contribution in [3.8, 4) is 0 Å². The largest absolute Gasteiger partial charge is 0.324 e. The Hall–Kier alpha value is -0.520. The minimum atomic E-state index is -0.209. The lowest BCUT2D eigenvalue weighted by Crippen LogP contribution is -2.31. The van der Waals surface area contributed by atoms with Gasteiger partial charge in [-0.05, 0) is 67.8 Å². The Labute approximate surface area is 211 Å². The van der Waals surface area contributed by atoms with Gasteiger partial charge in [0.25, 0.3) is 5.91 Å². The zero-order valence-electron chi connectivity index (χ0n) is 14.5. The van der Waals surface area contributed by atoms with Crippen molar-refractivity contribution in [2.45, 2.75) is 6.42 Å². The summed E-state index contributed by atoms with van der Waals surface area (Å²) in [5, 5.41) is 2.86. The first-order valence-electron chi connectivity index (χ1n) is 8.20. The van der Waals surface area contributed by atoms with Crippen LogP contribution in [-0.2, 0) is 9.59 Å². The maximum absolute atomic E-state index is 12.7. The summed E-state index contributed by atoms with van der Waals surface area (Å²) in [5.74, 6) is -0.391. The predicted octanol–water partition coefficient (Wildman–Crippen LogP) is 6.97. The zero-order valence-corrected chi connectivity index (χ0v) is 22.5. The number of rotatable bonds is 5. The average molecular weight is 684 g/mol. The van der Waals surface area contributed by atoms with Crippen molar-refractivity contribution in [2.24, 2.45) is 0 Å². The maximum atomic E-state index is 12.7. The normalized spacial score (nSPS) is 15.3. The van der Waals surface area contributed by atoms with Crippen LogP contribution in [0, 0.1) is 0 Å². The quantitative estimate of drug-likeness (QED) is 0.274. The Kier molecular flexibility index (Phi) is 8.14. The molecule has 0 aromatic heterocycles. The van der Waals surface area contributed by atoms with E-state index in [1.807, 2.05) is 36.4 Å². The number of hydrogen-bond donors (Lipinski definition) is 1. The lowest BCUT2D eigenvalue weighted by atomic mass is 10.2. The second kappa shape index (κ2) is 10.2. The van der Waals surface area contributed by atoms with Gasteiger partial charge in [-0.15, -0.1) is 0 Å². The van der Waals surface area contributed by atoms with Gasteiger partial charge in [0, 0.05) is 30.9 Å². The van der Waals surface area contributed by atoms with Crippen LogP contribution in [0.3, 0.4) is 0 Å². The second-order valence-electron chi connectivity index (χ2n) is 5.93. The van der Waals surface area contributed by atoms with Crippen LogP contribution < -0.4 is 5.32 Å². The van der Waals surface area contributed by atoms with E-state index in [9.17, 15) is 9.59 Å². The molecule has 2 aromatic carbocycles. The summed E-state index contributed by atoms with van der Waals surface area (Å²) in [6, 6.07) is 11.3. The van der Waals surface area contributed by atoms with Gasteiger partial charge in [0.05, 0.1) is 10.6 Å². The molecule has 0 saturated carbocycles. The molecule has 1 fully saturated rings. The third-order valence-corrected chi connectivity index (χ3v) is 7.43. The minimum absolute atomic E-state index is 0.131. The molecule has 10 heteroatoms. The highest BCUT2D eigenvalue weighted by molar-refractivity contribution is 9.11. The highest BCUT2D eigenvalue weighted by atomic mass is 79.9. The summed E-state index contributed by atoms with van der Waals surface area (Å²) in [5.41, 5.74) is 1.54. The number of nitrogens with one attached hydrogen (secondary N) is 1. The van der Waals surface area contributed by atoms with Gasteiger partial charge in [-0.2, -0.15) is 0 Å². The van der Waals surface area contributed by atoms with E-state index in [2.05, 4.69) is 69.0 Å². The smallest absolute Gasteiger partial charge is 0.266 e. The molecular weight excluding hydrogens is 672 g/mol. The Morgan fingerprint density at radius 3 is 2.45 bits per heavy atom. The van der Waals surface area contributed by atoms with Crippen LogP contribution in [0.5, 0.6) is 0 Å². The van der Waals surface area contributed by atoms with E-state index in [4.69, 9.17) is 12.2 Å². The van der Waals surface area contributed by atoms with Crippen LogP contribution in [0.4, 0.5) is 5.69 Å². The molecule has 2 aromatic rings. The molecule has 0 radical (unpaired) electrons. The first-order valence-corrected chi connectivity index (χ1v) is 12.6. The lowest BCUT2D eigenvalue weighted by Gasteiger charge is -2.15. The van der Waals surface area contributed by atoms with Gasteiger partial charge >= 0.3 is 0 Å². The van der Waals surface area contributed by atoms with Gasteiger partial charge in [0.1, 0.15) is 4.32 Å². The predicted molar refractivity (Wildman–Crippen MR) is 137 cm³/mol. The van der Waals surface area contributed by atoms with Crippen LogP contribution in [0.25, 0.3) is 6.08 Å². The fourth-order valence-electron chi connectivity index (χ4n) is 2.52. The van der Waals surface area contributed by atoms with E-state index >= 15 is 0 Å². The second-order valence-corrected chi connectivity index (χ2v) is 11.1. The standard InChI is InChI=1S/C19H12Br4N2O2S2/c20-11-3-1-2-10(6-11)7-15-18(27)25(19(28)29-15)5-4-16(26)24-17-13(22)8-12(21)9-14(17)23/h1-3,6-9H,4-5H2,(H,24,26)/b15-7-. The van der Waals surface area contributed by atoms with Gasteiger partial charge < -0.3 is 5.32 Å². The number of thioether (sulfide) groups is 1. The Morgan fingerprint density at radius 1 is 1.10 bits per heavy atom. The van der Waals surface area contributed by atoms with Gasteiger partial charge in [0.15, 0.2) is 0 Å².